The molecule has 18 heavy (non-hydrogen) atoms. The van der Waals surface area contributed by atoms with Gasteiger partial charge in [0.25, 0.3) is 0 Å². The van der Waals surface area contributed by atoms with E-state index in [1.54, 1.807) is 18.7 Å². The number of aryl methyl sites for hydroxylation is 2. The predicted octanol–water partition coefficient (Wildman–Crippen LogP) is 1.63. The molecule has 0 amide bonds. The van der Waals surface area contributed by atoms with Crippen molar-refractivity contribution in [3.8, 4) is 11.3 Å². The monoisotopic (exact) mass is 240 g/mol. The van der Waals surface area contributed by atoms with E-state index in [1.165, 1.54) is 0 Å². The van der Waals surface area contributed by atoms with Crippen molar-refractivity contribution in [2.24, 2.45) is 7.05 Å². The first kappa shape index (κ1) is 10.7. The Hall–Kier alpha value is -2.43. The number of aromatic amines is 1. The van der Waals surface area contributed by atoms with E-state index in [0.717, 1.165) is 5.56 Å². The third-order valence-electron chi connectivity index (χ3n) is 2.98. The van der Waals surface area contributed by atoms with Gasteiger partial charge in [0.2, 0.25) is 5.43 Å². The molecule has 2 heterocycles. The molecular weight excluding hydrogens is 228 g/mol. The second-order valence-corrected chi connectivity index (χ2v) is 4.20. The van der Waals surface area contributed by atoms with Gasteiger partial charge in [-0.2, -0.15) is 10.2 Å². The largest absolute Gasteiger partial charge is 0.287 e. The highest BCUT2D eigenvalue weighted by Crippen LogP contribution is 2.23. The van der Waals surface area contributed by atoms with Crippen LogP contribution in [0.5, 0.6) is 0 Å². The lowest BCUT2D eigenvalue weighted by atomic mass is 10.1. The van der Waals surface area contributed by atoms with Crippen LogP contribution in [0.3, 0.4) is 0 Å². The molecular formula is C13H12N4O. The molecule has 0 saturated carbocycles. The Morgan fingerprint density at radius 3 is 2.67 bits per heavy atom. The standard InChI is InChI=1S/C13H12N4O/c1-8-12(18)10-11(9-6-4-3-5-7-9)16-17(2)13(10)15-14-8/h3-7H,1-2H3,(H,15,18). The van der Waals surface area contributed by atoms with Gasteiger partial charge in [-0.15, -0.1) is 0 Å². The first-order valence-electron chi connectivity index (χ1n) is 5.66. The fourth-order valence-electron chi connectivity index (χ4n) is 2.03. The molecule has 0 spiro atoms. The van der Waals surface area contributed by atoms with Crippen molar-refractivity contribution < 1.29 is 0 Å². The summed E-state index contributed by atoms with van der Waals surface area (Å²) in [5.74, 6) is 0. The Bertz CT molecular complexity index is 771. The molecule has 5 heteroatoms. The normalized spacial score (nSPS) is 11.0. The zero-order chi connectivity index (χ0) is 12.7. The minimum atomic E-state index is -0.0734. The Morgan fingerprint density at radius 2 is 1.94 bits per heavy atom. The Balaban J connectivity index is 2.45. The average molecular weight is 240 g/mol. The van der Waals surface area contributed by atoms with E-state index in [-0.39, 0.29) is 5.43 Å². The Morgan fingerprint density at radius 1 is 1.22 bits per heavy atom. The maximum atomic E-state index is 12.2. The van der Waals surface area contributed by atoms with Crippen molar-refractivity contribution >= 4 is 11.0 Å². The highest BCUT2D eigenvalue weighted by molar-refractivity contribution is 5.90. The zero-order valence-electron chi connectivity index (χ0n) is 10.1. The molecule has 2 aromatic heterocycles. The summed E-state index contributed by atoms with van der Waals surface area (Å²) in [7, 11) is 1.79. The number of fused-ring (bicyclic) bond motifs is 1. The predicted molar refractivity (Wildman–Crippen MR) is 69.3 cm³/mol. The summed E-state index contributed by atoms with van der Waals surface area (Å²) >= 11 is 0. The van der Waals surface area contributed by atoms with Crippen LogP contribution >= 0.6 is 0 Å². The van der Waals surface area contributed by atoms with Gasteiger partial charge in [0.05, 0.1) is 5.39 Å². The lowest BCUT2D eigenvalue weighted by molar-refractivity contribution is 0.778. The van der Waals surface area contributed by atoms with E-state index in [2.05, 4.69) is 15.3 Å². The van der Waals surface area contributed by atoms with Crippen LogP contribution < -0.4 is 5.43 Å². The van der Waals surface area contributed by atoms with Gasteiger partial charge >= 0.3 is 0 Å². The summed E-state index contributed by atoms with van der Waals surface area (Å²) in [6, 6.07) is 9.68. The molecule has 1 aromatic carbocycles. The van der Waals surface area contributed by atoms with Crippen molar-refractivity contribution in [2.75, 3.05) is 0 Å². The third kappa shape index (κ3) is 1.44. The van der Waals surface area contributed by atoms with Crippen molar-refractivity contribution in [2.45, 2.75) is 6.92 Å². The number of benzene rings is 1. The molecule has 0 atom stereocenters. The fraction of sp³-hybridized carbons (Fsp3) is 0.154. The van der Waals surface area contributed by atoms with E-state index in [9.17, 15) is 4.79 Å². The van der Waals surface area contributed by atoms with Gasteiger partial charge in [-0.25, -0.2) is 0 Å². The van der Waals surface area contributed by atoms with Crippen LogP contribution in [0.2, 0.25) is 0 Å². The van der Waals surface area contributed by atoms with Gasteiger partial charge in [-0.3, -0.25) is 14.6 Å². The van der Waals surface area contributed by atoms with Crippen LogP contribution in [0.15, 0.2) is 35.1 Å². The van der Waals surface area contributed by atoms with Crippen LogP contribution in [-0.2, 0) is 7.05 Å². The van der Waals surface area contributed by atoms with Crippen LogP contribution in [0.4, 0.5) is 0 Å². The van der Waals surface area contributed by atoms with E-state index in [4.69, 9.17) is 0 Å². The molecule has 0 aliphatic carbocycles. The minimum Gasteiger partial charge on any atom is -0.287 e. The van der Waals surface area contributed by atoms with Crippen molar-refractivity contribution in [1.29, 1.82) is 0 Å². The Kier molecular flexibility index (Phi) is 2.26. The van der Waals surface area contributed by atoms with Gasteiger partial charge < -0.3 is 0 Å². The number of nitrogens with zero attached hydrogens (tertiary/aromatic N) is 3. The van der Waals surface area contributed by atoms with Crippen molar-refractivity contribution in [3.63, 3.8) is 0 Å². The quantitative estimate of drug-likeness (QED) is 0.703. The number of aromatic nitrogens is 4. The molecule has 0 aliphatic heterocycles. The minimum absolute atomic E-state index is 0.0734. The van der Waals surface area contributed by atoms with Crippen LogP contribution in [0, 0.1) is 6.92 Å². The second kappa shape index (κ2) is 3.80. The summed E-state index contributed by atoms with van der Waals surface area (Å²) in [6.45, 7) is 1.69. The van der Waals surface area contributed by atoms with Crippen LogP contribution in [-0.4, -0.2) is 20.0 Å². The fourth-order valence-corrected chi connectivity index (χ4v) is 2.03. The second-order valence-electron chi connectivity index (χ2n) is 4.20. The van der Waals surface area contributed by atoms with Crippen LogP contribution in [0.1, 0.15) is 5.69 Å². The molecule has 90 valence electrons. The molecule has 0 fully saturated rings. The zero-order valence-corrected chi connectivity index (χ0v) is 10.1. The average Bonchev–Trinajstić information content (AvgIpc) is 2.73. The summed E-state index contributed by atoms with van der Waals surface area (Å²) in [5, 5.41) is 11.8. The molecule has 0 aliphatic rings. The number of rotatable bonds is 1. The highest BCUT2D eigenvalue weighted by atomic mass is 16.1. The molecule has 3 aromatic rings. The topological polar surface area (TPSA) is 63.6 Å². The maximum absolute atomic E-state index is 12.2. The summed E-state index contributed by atoms with van der Waals surface area (Å²) < 4.78 is 1.64. The lowest BCUT2D eigenvalue weighted by Crippen LogP contribution is -2.10. The van der Waals surface area contributed by atoms with Gasteiger partial charge in [-0.1, -0.05) is 30.3 Å². The van der Waals surface area contributed by atoms with Gasteiger partial charge in [0.15, 0.2) is 5.65 Å². The molecule has 0 bridgehead atoms. The highest BCUT2D eigenvalue weighted by Gasteiger charge is 2.15. The number of hydrogen-bond donors (Lipinski definition) is 1. The molecule has 0 radical (unpaired) electrons. The first-order chi connectivity index (χ1) is 8.68. The van der Waals surface area contributed by atoms with Gasteiger partial charge in [0.1, 0.15) is 11.4 Å². The Labute approximate surface area is 103 Å². The smallest absolute Gasteiger partial charge is 0.214 e. The summed E-state index contributed by atoms with van der Waals surface area (Å²) in [4.78, 5) is 12.2. The molecule has 1 N–H and O–H groups in total. The SMILES string of the molecule is Cc1n[nH]c2c(c(-c3ccccc3)nn2C)c1=O. The van der Waals surface area contributed by atoms with Gasteiger partial charge in [-0.05, 0) is 6.92 Å². The van der Waals surface area contributed by atoms with E-state index in [1.807, 2.05) is 30.3 Å². The number of nitrogens with one attached hydrogen (secondary N) is 1. The third-order valence-corrected chi connectivity index (χ3v) is 2.98. The maximum Gasteiger partial charge on any atom is 0.214 e. The summed E-state index contributed by atoms with van der Waals surface area (Å²) in [6.07, 6.45) is 0. The molecule has 0 saturated heterocycles. The van der Waals surface area contributed by atoms with E-state index in [0.29, 0.717) is 22.4 Å². The lowest BCUT2D eigenvalue weighted by Gasteiger charge is -1.96. The number of H-pyrrole nitrogens is 1. The molecule has 5 nitrogen and oxygen atoms in total. The van der Waals surface area contributed by atoms with Crippen molar-refractivity contribution in [1.82, 2.24) is 20.0 Å². The van der Waals surface area contributed by atoms with Crippen LogP contribution in [0.25, 0.3) is 22.3 Å². The molecule has 3 rings (SSSR count). The van der Waals surface area contributed by atoms with Gasteiger partial charge in [0, 0.05) is 12.6 Å². The first-order valence-corrected chi connectivity index (χ1v) is 5.66. The molecule has 0 unspecified atom stereocenters. The number of hydrogen-bond acceptors (Lipinski definition) is 3. The summed E-state index contributed by atoms with van der Waals surface area (Å²) in [5.41, 5.74) is 2.65. The van der Waals surface area contributed by atoms with E-state index < -0.39 is 0 Å². The van der Waals surface area contributed by atoms with E-state index >= 15 is 0 Å². The van der Waals surface area contributed by atoms with Crippen molar-refractivity contribution in [3.05, 3.63) is 46.2 Å².